The number of aromatic nitrogens is 2. The van der Waals surface area contributed by atoms with E-state index < -0.39 is 0 Å². The second-order valence-corrected chi connectivity index (χ2v) is 4.81. The number of phenols is 1. The van der Waals surface area contributed by atoms with Crippen LogP contribution in [0.5, 0.6) is 5.75 Å². The van der Waals surface area contributed by atoms with Crippen LogP contribution in [-0.2, 0) is 0 Å². The monoisotopic (exact) mass is 275 g/mol. The molecule has 1 amide bonds. The average molecular weight is 275 g/mol. The number of aromatic hydroxyl groups is 1. The van der Waals surface area contributed by atoms with E-state index in [9.17, 15) is 9.90 Å². The Morgan fingerprint density at radius 2 is 1.95 bits per heavy atom. The number of nitrogens with zero attached hydrogens (tertiary/aromatic N) is 2. The highest BCUT2D eigenvalue weighted by molar-refractivity contribution is 7.99. The summed E-state index contributed by atoms with van der Waals surface area (Å²) in [4.78, 5) is 12.4. The van der Waals surface area contributed by atoms with Crippen LogP contribution in [0.4, 0.5) is 0 Å². The predicted octanol–water partition coefficient (Wildman–Crippen LogP) is 2.08. The van der Waals surface area contributed by atoms with Crippen LogP contribution >= 0.6 is 11.8 Å². The average Bonchev–Trinajstić information content (AvgIpc) is 2.42. The number of nitrogens with one attached hydrogen (secondary N) is 1. The van der Waals surface area contributed by atoms with Crippen LogP contribution in [0.1, 0.15) is 17.4 Å². The largest absolute Gasteiger partial charge is 0.508 e. The molecule has 0 radical (unpaired) electrons. The van der Waals surface area contributed by atoms with Gasteiger partial charge in [0.25, 0.3) is 5.91 Å². The molecule has 6 heteroatoms. The molecule has 0 aliphatic rings. The van der Waals surface area contributed by atoms with E-state index in [1.165, 1.54) is 11.8 Å². The SMILES string of the molecule is CCNC(=O)c1ccc(Sc2ccc(O)cc2)nn1. The van der Waals surface area contributed by atoms with Gasteiger partial charge in [-0.1, -0.05) is 11.8 Å². The van der Waals surface area contributed by atoms with Gasteiger partial charge in [-0.25, -0.2) is 0 Å². The van der Waals surface area contributed by atoms with Gasteiger partial charge in [-0.15, -0.1) is 10.2 Å². The van der Waals surface area contributed by atoms with Gasteiger partial charge in [0, 0.05) is 11.4 Å². The molecule has 1 aromatic carbocycles. The van der Waals surface area contributed by atoms with Crippen molar-refractivity contribution in [3.63, 3.8) is 0 Å². The van der Waals surface area contributed by atoms with Crippen LogP contribution in [0.25, 0.3) is 0 Å². The fourth-order valence-electron chi connectivity index (χ4n) is 1.38. The number of carbonyl (C=O) groups excluding carboxylic acids is 1. The summed E-state index contributed by atoms with van der Waals surface area (Å²) in [5.41, 5.74) is 0.303. The zero-order valence-corrected chi connectivity index (χ0v) is 11.1. The van der Waals surface area contributed by atoms with Crippen molar-refractivity contribution in [1.82, 2.24) is 15.5 Å². The molecule has 0 bridgehead atoms. The summed E-state index contributed by atoms with van der Waals surface area (Å²) in [7, 11) is 0. The van der Waals surface area contributed by atoms with E-state index in [-0.39, 0.29) is 11.7 Å². The zero-order chi connectivity index (χ0) is 13.7. The number of rotatable bonds is 4. The van der Waals surface area contributed by atoms with E-state index in [1.807, 2.05) is 6.92 Å². The minimum atomic E-state index is -0.226. The first kappa shape index (κ1) is 13.4. The molecule has 0 atom stereocenters. The van der Waals surface area contributed by atoms with Crippen molar-refractivity contribution in [3.8, 4) is 5.75 Å². The Labute approximate surface area is 115 Å². The second-order valence-electron chi connectivity index (χ2n) is 3.71. The second kappa shape index (κ2) is 6.19. The molecule has 5 nitrogen and oxygen atoms in total. The summed E-state index contributed by atoms with van der Waals surface area (Å²) < 4.78 is 0. The van der Waals surface area contributed by atoms with Crippen molar-refractivity contribution in [2.24, 2.45) is 0 Å². The van der Waals surface area contributed by atoms with Gasteiger partial charge in [-0.05, 0) is 43.3 Å². The molecule has 0 aliphatic carbocycles. The Bertz CT molecular complexity index is 555. The van der Waals surface area contributed by atoms with Crippen molar-refractivity contribution in [3.05, 3.63) is 42.1 Å². The third-order valence-corrected chi connectivity index (χ3v) is 3.20. The topological polar surface area (TPSA) is 75.1 Å². The predicted molar refractivity (Wildman–Crippen MR) is 72.3 cm³/mol. The van der Waals surface area contributed by atoms with Gasteiger partial charge in [-0.3, -0.25) is 4.79 Å². The lowest BCUT2D eigenvalue weighted by Gasteiger charge is -2.02. The number of benzene rings is 1. The molecule has 98 valence electrons. The highest BCUT2D eigenvalue weighted by atomic mass is 32.2. The Morgan fingerprint density at radius 3 is 2.53 bits per heavy atom. The molecule has 0 spiro atoms. The van der Waals surface area contributed by atoms with Crippen LogP contribution in [0.3, 0.4) is 0 Å². The summed E-state index contributed by atoms with van der Waals surface area (Å²) in [6.07, 6.45) is 0. The summed E-state index contributed by atoms with van der Waals surface area (Å²) in [5, 5.41) is 20.4. The van der Waals surface area contributed by atoms with E-state index in [2.05, 4.69) is 15.5 Å². The number of phenolic OH excluding ortho intramolecular Hbond substituents is 1. The number of hydrogen-bond donors (Lipinski definition) is 2. The van der Waals surface area contributed by atoms with E-state index >= 15 is 0 Å². The fraction of sp³-hybridized carbons (Fsp3) is 0.154. The highest BCUT2D eigenvalue weighted by Gasteiger charge is 2.07. The van der Waals surface area contributed by atoms with Gasteiger partial charge in [0.15, 0.2) is 5.69 Å². The molecule has 19 heavy (non-hydrogen) atoms. The fourth-order valence-corrected chi connectivity index (χ4v) is 2.11. The van der Waals surface area contributed by atoms with Crippen molar-refractivity contribution in [2.45, 2.75) is 16.8 Å². The first-order chi connectivity index (χ1) is 9.19. The molecule has 0 fully saturated rings. The Balaban J connectivity index is 2.06. The Kier molecular flexibility index (Phi) is 4.35. The molecular formula is C13H13N3O2S. The number of hydrogen-bond acceptors (Lipinski definition) is 5. The Hall–Kier alpha value is -2.08. The molecule has 1 aromatic heterocycles. The minimum Gasteiger partial charge on any atom is -0.508 e. The third kappa shape index (κ3) is 3.69. The standard InChI is InChI=1S/C13H13N3O2S/c1-2-14-13(18)11-7-8-12(16-15-11)19-10-5-3-9(17)4-6-10/h3-8,17H,2H2,1H3,(H,14,18). The van der Waals surface area contributed by atoms with Crippen LogP contribution < -0.4 is 5.32 Å². The summed E-state index contributed by atoms with van der Waals surface area (Å²) in [5.74, 6) is -0.00166. The van der Waals surface area contributed by atoms with Crippen LogP contribution in [0.2, 0.25) is 0 Å². The van der Waals surface area contributed by atoms with Crippen molar-refractivity contribution >= 4 is 17.7 Å². The van der Waals surface area contributed by atoms with Crippen LogP contribution in [-0.4, -0.2) is 27.8 Å². The lowest BCUT2D eigenvalue weighted by molar-refractivity contribution is 0.0949. The molecule has 2 N–H and O–H groups in total. The summed E-state index contributed by atoms with van der Waals surface area (Å²) in [6, 6.07) is 10.2. The molecule has 2 rings (SSSR count). The van der Waals surface area contributed by atoms with Gasteiger partial charge < -0.3 is 10.4 Å². The van der Waals surface area contributed by atoms with E-state index in [1.54, 1.807) is 36.4 Å². The highest BCUT2D eigenvalue weighted by Crippen LogP contribution is 2.26. The van der Waals surface area contributed by atoms with Crippen LogP contribution in [0, 0.1) is 0 Å². The molecule has 0 aliphatic heterocycles. The van der Waals surface area contributed by atoms with Gasteiger partial charge in [0.1, 0.15) is 10.8 Å². The Morgan fingerprint density at radius 1 is 1.21 bits per heavy atom. The number of amides is 1. The van der Waals surface area contributed by atoms with Gasteiger partial charge >= 0.3 is 0 Å². The third-order valence-electron chi connectivity index (χ3n) is 2.27. The first-order valence-electron chi connectivity index (χ1n) is 5.78. The summed E-state index contributed by atoms with van der Waals surface area (Å²) in [6.45, 7) is 2.41. The molecule has 2 aromatic rings. The summed E-state index contributed by atoms with van der Waals surface area (Å²) >= 11 is 1.41. The maximum atomic E-state index is 11.5. The van der Waals surface area contributed by atoms with Gasteiger partial charge in [0.05, 0.1) is 0 Å². The smallest absolute Gasteiger partial charge is 0.271 e. The van der Waals surface area contributed by atoms with Gasteiger partial charge in [0.2, 0.25) is 0 Å². The van der Waals surface area contributed by atoms with Gasteiger partial charge in [-0.2, -0.15) is 0 Å². The molecule has 0 saturated heterocycles. The van der Waals surface area contributed by atoms with Crippen LogP contribution in [0.15, 0.2) is 46.3 Å². The lowest BCUT2D eigenvalue weighted by Crippen LogP contribution is -2.23. The maximum Gasteiger partial charge on any atom is 0.271 e. The zero-order valence-electron chi connectivity index (χ0n) is 10.3. The lowest BCUT2D eigenvalue weighted by atomic mass is 10.3. The molecular weight excluding hydrogens is 262 g/mol. The van der Waals surface area contributed by atoms with Crippen molar-refractivity contribution in [2.75, 3.05) is 6.54 Å². The minimum absolute atomic E-state index is 0.224. The quantitative estimate of drug-likeness (QED) is 0.893. The first-order valence-corrected chi connectivity index (χ1v) is 6.59. The van der Waals surface area contributed by atoms with Crippen molar-refractivity contribution in [1.29, 1.82) is 0 Å². The van der Waals surface area contributed by atoms with E-state index in [0.29, 0.717) is 17.3 Å². The molecule has 0 saturated carbocycles. The van der Waals surface area contributed by atoms with E-state index in [0.717, 1.165) is 4.90 Å². The normalized spacial score (nSPS) is 10.2. The van der Waals surface area contributed by atoms with E-state index in [4.69, 9.17) is 0 Å². The maximum absolute atomic E-state index is 11.5. The van der Waals surface area contributed by atoms with Crippen molar-refractivity contribution < 1.29 is 9.90 Å². The molecule has 0 unspecified atom stereocenters. The molecule has 1 heterocycles. The number of carbonyl (C=O) groups is 1.